The largest absolute Gasteiger partial charge is 0.469 e. The second kappa shape index (κ2) is 5.75. The van der Waals surface area contributed by atoms with Crippen LogP contribution in [0.4, 0.5) is 0 Å². The van der Waals surface area contributed by atoms with Crippen LogP contribution in [0.5, 0.6) is 0 Å². The van der Waals surface area contributed by atoms with Crippen molar-refractivity contribution in [2.24, 2.45) is 17.3 Å². The molecule has 1 aromatic carbocycles. The first-order chi connectivity index (χ1) is 11.0. The van der Waals surface area contributed by atoms with Crippen LogP contribution in [0.1, 0.15) is 56.9 Å². The van der Waals surface area contributed by atoms with E-state index < -0.39 is 0 Å². The monoisotopic (exact) mass is 424 g/mol. The highest BCUT2D eigenvalue weighted by Gasteiger charge is 2.57. The molecule has 1 aromatic rings. The quantitative estimate of drug-likeness (QED) is 0.500. The summed E-state index contributed by atoms with van der Waals surface area (Å²) in [7, 11) is 1.53. The van der Waals surface area contributed by atoms with E-state index in [9.17, 15) is 4.79 Å². The summed E-state index contributed by atoms with van der Waals surface area (Å²) < 4.78 is 6.35. The van der Waals surface area contributed by atoms with E-state index in [-0.39, 0.29) is 11.4 Å². The summed E-state index contributed by atoms with van der Waals surface area (Å²) in [5, 5.41) is 0. The summed E-state index contributed by atoms with van der Waals surface area (Å²) in [6.45, 7) is 0. The van der Waals surface area contributed by atoms with E-state index in [0.717, 1.165) is 11.8 Å². The number of halogens is 1. The van der Waals surface area contributed by atoms with Crippen molar-refractivity contribution in [1.29, 1.82) is 0 Å². The van der Waals surface area contributed by atoms with Gasteiger partial charge < -0.3 is 4.74 Å². The number of fused-ring (bicyclic) bond motifs is 2. The van der Waals surface area contributed by atoms with Crippen molar-refractivity contribution in [2.75, 3.05) is 7.11 Å². The van der Waals surface area contributed by atoms with Crippen LogP contribution in [0.2, 0.25) is 0 Å². The maximum absolute atomic E-state index is 12.1. The molecule has 0 saturated heterocycles. The lowest BCUT2D eigenvalue weighted by molar-refractivity contribution is -0.144. The Hall–Kier alpha value is -0.580. The fourth-order valence-electron chi connectivity index (χ4n) is 6.16. The molecule has 3 fully saturated rings. The maximum Gasteiger partial charge on any atom is 0.306 e. The number of rotatable bonds is 3. The van der Waals surface area contributed by atoms with Crippen molar-refractivity contribution in [3.63, 3.8) is 0 Å². The summed E-state index contributed by atoms with van der Waals surface area (Å²) >= 11 is 2.38. The van der Waals surface area contributed by atoms with Gasteiger partial charge in [0.15, 0.2) is 0 Å². The third-order valence-electron chi connectivity index (χ3n) is 6.87. The van der Waals surface area contributed by atoms with E-state index >= 15 is 0 Å². The molecule has 0 spiro atoms. The minimum absolute atomic E-state index is 0.0116. The van der Waals surface area contributed by atoms with E-state index in [0.29, 0.717) is 11.8 Å². The smallest absolute Gasteiger partial charge is 0.306 e. The molecule has 0 aliphatic heterocycles. The minimum atomic E-state index is -0.0116. The lowest BCUT2D eigenvalue weighted by atomic mass is 9.58. The van der Waals surface area contributed by atoms with Crippen LogP contribution in [0.15, 0.2) is 24.3 Å². The van der Waals surface area contributed by atoms with Gasteiger partial charge in [-0.15, -0.1) is 0 Å². The molecule has 3 saturated carbocycles. The van der Waals surface area contributed by atoms with Gasteiger partial charge in [0, 0.05) is 3.57 Å². The zero-order valence-corrected chi connectivity index (χ0v) is 16.0. The molecule has 0 radical (unpaired) electrons. The Labute approximate surface area is 152 Å². The minimum Gasteiger partial charge on any atom is -0.469 e. The topological polar surface area (TPSA) is 26.3 Å². The third kappa shape index (κ3) is 2.73. The molecule has 4 rings (SSSR count). The highest BCUT2D eigenvalue weighted by Crippen LogP contribution is 2.65. The average molecular weight is 424 g/mol. The second-order valence-corrected chi connectivity index (χ2v) is 9.49. The Morgan fingerprint density at radius 3 is 2.70 bits per heavy atom. The Kier molecular flexibility index (Phi) is 3.98. The maximum atomic E-state index is 12.1. The van der Waals surface area contributed by atoms with E-state index in [1.165, 1.54) is 61.2 Å². The summed E-state index contributed by atoms with van der Waals surface area (Å²) in [5.41, 5.74) is 2.01. The van der Waals surface area contributed by atoms with Crippen LogP contribution in [0.25, 0.3) is 0 Å². The highest BCUT2D eigenvalue weighted by atomic mass is 127. The molecule has 3 aliphatic carbocycles. The van der Waals surface area contributed by atoms with Gasteiger partial charge in [0.1, 0.15) is 0 Å². The zero-order valence-electron chi connectivity index (χ0n) is 13.8. The van der Waals surface area contributed by atoms with Crippen LogP contribution in [-0.4, -0.2) is 13.1 Å². The third-order valence-corrected chi connectivity index (χ3v) is 7.59. The summed E-state index contributed by atoms with van der Waals surface area (Å²) in [4.78, 5) is 12.1. The Balaban J connectivity index is 1.72. The van der Waals surface area contributed by atoms with Crippen molar-refractivity contribution in [2.45, 2.75) is 56.8 Å². The van der Waals surface area contributed by atoms with E-state index in [4.69, 9.17) is 4.74 Å². The zero-order chi connectivity index (χ0) is 16.1. The summed E-state index contributed by atoms with van der Waals surface area (Å²) in [6.07, 6.45) is 9.59. The number of benzene rings is 1. The molecule has 3 heteroatoms. The Morgan fingerprint density at radius 2 is 1.96 bits per heavy atom. The van der Waals surface area contributed by atoms with E-state index in [1.54, 1.807) is 0 Å². The molecule has 23 heavy (non-hydrogen) atoms. The lowest BCUT2D eigenvalue weighted by Crippen LogP contribution is -2.39. The fourth-order valence-corrected chi connectivity index (χ4v) is 6.52. The first-order valence-corrected chi connectivity index (χ1v) is 9.95. The van der Waals surface area contributed by atoms with Crippen molar-refractivity contribution >= 4 is 28.6 Å². The predicted octanol–water partition coefficient (Wildman–Crippen LogP) is 5.08. The van der Waals surface area contributed by atoms with Gasteiger partial charge in [0.2, 0.25) is 0 Å². The van der Waals surface area contributed by atoms with Crippen LogP contribution < -0.4 is 0 Å². The van der Waals surface area contributed by atoms with Crippen molar-refractivity contribution in [1.82, 2.24) is 0 Å². The van der Waals surface area contributed by atoms with Gasteiger partial charge in [-0.25, -0.2) is 0 Å². The van der Waals surface area contributed by atoms with Crippen molar-refractivity contribution in [3.8, 4) is 0 Å². The molecule has 0 amide bonds. The molecule has 2 nitrogen and oxygen atoms in total. The molecule has 0 N–H and O–H groups in total. The number of esters is 1. The molecule has 4 unspecified atom stereocenters. The van der Waals surface area contributed by atoms with E-state index in [2.05, 4.69) is 46.9 Å². The number of carbonyl (C=O) groups excluding carboxylic acids is 1. The standard InChI is InChI=1S/C20H25IO2/c1-23-18(22)12-19-8-2-3-14-10-20(13-19,11-15(14)9-19)16-4-6-17(21)7-5-16/h4-7,14-15H,2-3,8-13H2,1H3. The lowest BCUT2D eigenvalue weighted by Gasteiger charge is -2.46. The highest BCUT2D eigenvalue weighted by molar-refractivity contribution is 14.1. The Bertz CT molecular complexity index is 611. The van der Waals surface area contributed by atoms with E-state index in [1.807, 2.05) is 0 Å². The van der Waals surface area contributed by atoms with Gasteiger partial charge in [-0.3, -0.25) is 4.79 Å². The average Bonchev–Trinajstić information content (AvgIpc) is 2.72. The number of carbonyl (C=O) groups is 1. The van der Waals surface area contributed by atoms with Crippen LogP contribution in [-0.2, 0) is 14.9 Å². The normalized spacial score (nSPS) is 38.3. The molecular formula is C20H25IO2. The van der Waals surface area contributed by atoms with Gasteiger partial charge in [-0.05, 0) is 95.1 Å². The van der Waals surface area contributed by atoms with Gasteiger partial charge in [-0.2, -0.15) is 0 Å². The molecule has 0 aromatic heterocycles. The summed E-state index contributed by atoms with van der Waals surface area (Å²) in [6, 6.07) is 9.18. The molecule has 124 valence electrons. The summed E-state index contributed by atoms with van der Waals surface area (Å²) in [5.74, 6) is 1.67. The first-order valence-electron chi connectivity index (χ1n) is 8.87. The second-order valence-electron chi connectivity index (χ2n) is 8.24. The molecule has 3 bridgehead atoms. The van der Waals surface area contributed by atoms with Crippen LogP contribution >= 0.6 is 22.6 Å². The Morgan fingerprint density at radius 1 is 1.22 bits per heavy atom. The fraction of sp³-hybridized carbons (Fsp3) is 0.650. The molecular weight excluding hydrogens is 399 g/mol. The van der Waals surface area contributed by atoms with Gasteiger partial charge in [0.05, 0.1) is 13.5 Å². The van der Waals surface area contributed by atoms with Gasteiger partial charge in [0.25, 0.3) is 0 Å². The van der Waals surface area contributed by atoms with Gasteiger partial charge >= 0.3 is 5.97 Å². The predicted molar refractivity (Wildman–Crippen MR) is 99.2 cm³/mol. The SMILES string of the molecule is COC(=O)CC12CCCC3CC(c4ccc(I)cc4)(CC3C1)C2. The van der Waals surface area contributed by atoms with Crippen molar-refractivity contribution in [3.05, 3.63) is 33.4 Å². The van der Waals surface area contributed by atoms with Crippen LogP contribution in [0, 0.1) is 20.8 Å². The van der Waals surface area contributed by atoms with Crippen molar-refractivity contribution < 1.29 is 9.53 Å². The van der Waals surface area contributed by atoms with Crippen LogP contribution in [0.3, 0.4) is 0 Å². The number of ether oxygens (including phenoxy) is 1. The molecule has 3 aliphatic rings. The molecule has 4 atom stereocenters. The first kappa shape index (κ1) is 15.9. The number of methoxy groups -OCH3 is 1. The van der Waals surface area contributed by atoms with Gasteiger partial charge in [-0.1, -0.05) is 25.0 Å². The molecule has 0 heterocycles. The number of hydrogen-bond acceptors (Lipinski definition) is 2. The number of hydrogen-bond donors (Lipinski definition) is 0.